The molecule has 0 aliphatic carbocycles. The van der Waals surface area contributed by atoms with Gasteiger partial charge in [-0.15, -0.1) is 0 Å². The summed E-state index contributed by atoms with van der Waals surface area (Å²) < 4.78 is 18.1. The summed E-state index contributed by atoms with van der Waals surface area (Å²) in [6.07, 6.45) is 0. The van der Waals surface area contributed by atoms with Crippen molar-refractivity contribution in [3.63, 3.8) is 0 Å². The highest BCUT2D eigenvalue weighted by Crippen LogP contribution is 2.17. The lowest BCUT2D eigenvalue weighted by molar-refractivity contribution is 0.0600. The fourth-order valence-corrected chi connectivity index (χ4v) is 1.73. The standard InChI is InChI=1S/C15H12FNO4/c1-21-15(20)9-3-2-4-10(7-9)17-14(19)12-6-5-11(18)8-13(12)16/h2-8,18H,1H3,(H,17,19). The summed E-state index contributed by atoms with van der Waals surface area (Å²) in [5.41, 5.74) is 0.383. The van der Waals surface area contributed by atoms with Crippen molar-refractivity contribution in [3.8, 4) is 5.75 Å². The first-order valence-corrected chi connectivity index (χ1v) is 5.99. The first-order valence-electron chi connectivity index (χ1n) is 5.99. The molecule has 0 bridgehead atoms. The number of phenols is 1. The number of hydrogen-bond acceptors (Lipinski definition) is 4. The Bertz CT molecular complexity index is 700. The van der Waals surface area contributed by atoms with Crippen molar-refractivity contribution in [1.82, 2.24) is 0 Å². The Hall–Kier alpha value is -2.89. The van der Waals surface area contributed by atoms with Crippen LogP contribution in [0.4, 0.5) is 10.1 Å². The fraction of sp³-hybridized carbons (Fsp3) is 0.0667. The van der Waals surface area contributed by atoms with Gasteiger partial charge >= 0.3 is 5.97 Å². The van der Waals surface area contributed by atoms with Gasteiger partial charge in [-0.3, -0.25) is 4.79 Å². The van der Waals surface area contributed by atoms with Crippen LogP contribution in [-0.2, 0) is 4.74 Å². The van der Waals surface area contributed by atoms with E-state index >= 15 is 0 Å². The minimum atomic E-state index is -0.836. The van der Waals surface area contributed by atoms with E-state index in [1.807, 2.05) is 0 Å². The second kappa shape index (κ2) is 6.04. The number of benzene rings is 2. The molecule has 6 heteroatoms. The van der Waals surface area contributed by atoms with E-state index in [1.165, 1.54) is 31.4 Å². The number of methoxy groups -OCH3 is 1. The summed E-state index contributed by atoms with van der Waals surface area (Å²) in [6.45, 7) is 0. The first kappa shape index (κ1) is 14.5. The van der Waals surface area contributed by atoms with Gasteiger partial charge in [0.2, 0.25) is 0 Å². The second-order valence-electron chi connectivity index (χ2n) is 4.19. The van der Waals surface area contributed by atoms with Gasteiger partial charge < -0.3 is 15.2 Å². The van der Waals surface area contributed by atoms with Crippen LogP contribution in [0, 0.1) is 5.82 Å². The zero-order chi connectivity index (χ0) is 15.4. The third-order valence-electron chi connectivity index (χ3n) is 2.74. The van der Waals surface area contributed by atoms with E-state index in [0.29, 0.717) is 5.69 Å². The van der Waals surface area contributed by atoms with Crippen molar-refractivity contribution in [1.29, 1.82) is 0 Å². The van der Waals surface area contributed by atoms with E-state index in [2.05, 4.69) is 10.1 Å². The van der Waals surface area contributed by atoms with Gasteiger partial charge in [-0.25, -0.2) is 9.18 Å². The van der Waals surface area contributed by atoms with Crippen LogP contribution in [0.5, 0.6) is 5.75 Å². The Morgan fingerprint density at radius 3 is 2.62 bits per heavy atom. The number of carbonyl (C=O) groups excluding carboxylic acids is 2. The second-order valence-corrected chi connectivity index (χ2v) is 4.19. The molecule has 0 spiro atoms. The normalized spacial score (nSPS) is 10.0. The number of nitrogens with one attached hydrogen (secondary N) is 1. The quantitative estimate of drug-likeness (QED) is 0.851. The summed E-state index contributed by atoms with van der Waals surface area (Å²) in [7, 11) is 1.25. The highest BCUT2D eigenvalue weighted by atomic mass is 19.1. The summed E-state index contributed by atoms with van der Waals surface area (Å²) in [5, 5.41) is 11.6. The van der Waals surface area contributed by atoms with E-state index in [4.69, 9.17) is 5.11 Å². The van der Waals surface area contributed by atoms with Crippen LogP contribution in [0.3, 0.4) is 0 Å². The third kappa shape index (κ3) is 3.36. The Kier molecular flexibility index (Phi) is 4.18. The maximum absolute atomic E-state index is 13.6. The van der Waals surface area contributed by atoms with Crippen LogP contribution in [0.2, 0.25) is 0 Å². The molecule has 2 N–H and O–H groups in total. The Morgan fingerprint density at radius 2 is 1.95 bits per heavy atom. The van der Waals surface area contributed by atoms with E-state index in [9.17, 15) is 14.0 Å². The van der Waals surface area contributed by atoms with Crippen molar-refractivity contribution in [3.05, 3.63) is 59.4 Å². The molecule has 0 aromatic heterocycles. The number of phenolic OH excluding ortho intramolecular Hbond substituents is 1. The van der Waals surface area contributed by atoms with Crippen LogP contribution in [0.25, 0.3) is 0 Å². The minimum Gasteiger partial charge on any atom is -0.508 e. The van der Waals surface area contributed by atoms with Crippen LogP contribution in [0.15, 0.2) is 42.5 Å². The van der Waals surface area contributed by atoms with E-state index in [1.54, 1.807) is 12.1 Å². The summed E-state index contributed by atoms with van der Waals surface area (Å²) >= 11 is 0. The molecular formula is C15H12FNO4. The molecular weight excluding hydrogens is 277 g/mol. The molecule has 0 atom stereocenters. The highest BCUT2D eigenvalue weighted by Gasteiger charge is 2.13. The van der Waals surface area contributed by atoms with Crippen molar-refractivity contribution >= 4 is 17.6 Å². The molecule has 21 heavy (non-hydrogen) atoms. The van der Waals surface area contributed by atoms with Crippen molar-refractivity contribution < 1.29 is 23.8 Å². The van der Waals surface area contributed by atoms with Crippen molar-refractivity contribution in [2.24, 2.45) is 0 Å². The Balaban J connectivity index is 2.21. The number of aromatic hydroxyl groups is 1. The van der Waals surface area contributed by atoms with Gasteiger partial charge in [-0.05, 0) is 30.3 Å². The number of esters is 1. The monoisotopic (exact) mass is 289 g/mol. The number of amides is 1. The number of halogens is 1. The average molecular weight is 289 g/mol. The maximum atomic E-state index is 13.6. The predicted octanol–water partition coefficient (Wildman–Crippen LogP) is 2.57. The van der Waals surface area contributed by atoms with Crippen LogP contribution in [-0.4, -0.2) is 24.1 Å². The van der Waals surface area contributed by atoms with Crippen LogP contribution >= 0.6 is 0 Å². The molecule has 1 amide bonds. The van der Waals surface area contributed by atoms with Gasteiger partial charge in [0.25, 0.3) is 5.91 Å². The van der Waals surface area contributed by atoms with Crippen molar-refractivity contribution in [2.45, 2.75) is 0 Å². The van der Waals surface area contributed by atoms with Crippen molar-refractivity contribution in [2.75, 3.05) is 12.4 Å². The average Bonchev–Trinajstić information content (AvgIpc) is 2.46. The SMILES string of the molecule is COC(=O)c1cccc(NC(=O)c2ccc(O)cc2F)c1. The van der Waals surface area contributed by atoms with Crippen LogP contribution in [0.1, 0.15) is 20.7 Å². The van der Waals surface area contributed by atoms with E-state index < -0.39 is 17.7 Å². The maximum Gasteiger partial charge on any atom is 0.337 e. The first-order chi connectivity index (χ1) is 10.0. The lowest BCUT2D eigenvalue weighted by atomic mass is 10.1. The number of hydrogen-bond donors (Lipinski definition) is 2. The fourth-order valence-electron chi connectivity index (χ4n) is 1.73. The molecule has 0 heterocycles. The molecule has 0 saturated heterocycles. The molecule has 0 radical (unpaired) electrons. The number of rotatable bonds is 3. The molecule has 5 nitrogen and oxygen atoms in total. The molecule has 2 aromatic rings. The minimum absolute atomic E-state index is 0.212. The van der Waals surface area contributed by atoms with Gasteiger partial charge in [0.1, 0.15) is 11.6 Å². The zero-order valence-corrected chi connectivity index (χ0v) is 11.1. The molecule has 0 unspecified atom stereocenters. The summed E-state index contributed by atoms with van der Waals surface area (Å²) in [6, 6.07) is 9.30. The molecule has 0 aliphatic heterocycles. The summed E-state index contributed by atoms with van der Waals surface area (Å²) in [4.78, 5) is 23.3. The van der Waals surface area contributed by atoms with Crippen LogP contribution < -0.4 is 5.32 Å². The molecule has 0 fully saturated rings. The molecule has 108 valence electrons. The Labute approximate surface area is 120 Å². The zero-order valence-electron chi connectivity index (χ0n) is 11.1. The van der Waals surface area contributed by atoms with E-state index in [-0.39, 0.29) is 16.9 Å². The Morgan fingerprint density at radius 1 is 1.19 bits per heavy atom. The molecule has 2 rings (SSSR count). The number of carbonyl (C=O) groups is 2. The van der Waals surface area contributed by atoms with Gasteiger partial charge in [0.05, 0.1) is 18.2 Å². The molecule has 2 aromatic carbocycles. The summed E-state index contributed by atoms with van der Waals surface area (Å²) in [5.74, 6) is -2.33. The predicted molar refractivity (Wildman–Crippen MR) is 73.8 cm³/mol. The van der Waals surface area contributed by atoms with Gasteiger partial charge in [0, 0.05) is 11.8 Å². The molecule has 0 saturated carbocycles. The largest absolute Gasteiger partial charge is 0.508 e. The van der Waals surface area contributed by atoms with Gasteiger partial charge in [-0.2, -0.15) is 0 Å². The smallest absolute Gasteiger partial charge is 0.337 e. The van der Waals surface area contributed by atoms with Gasteiger partial charge in [0.15, 0.2) is 0 Å². The topological polar surface area (TPSA) is 75.6 Å². The lowest BCUT2D eigenvalue weighted by Crippen LogP contribution is -2.14. The third-order valence-corrected chi connectivity index (χ3v) is 2.74. The highest BCUT2D eigenvalue weighted by molar-refractivity contribution is 6.05. The van der Waals surface area contributed by atoms with Gasteiger partial charge in [-0.1, -0.05) is 6.07 Å². The lowest BCUT2D eigenvalue weighted by Gasteiger charge is -2.07. The number of ether oxygens (including phenoxy) is 1. The van der Waals surface area contributed by atoms with E-state index in [0.717, 1.165) is 6.07 Å². The number of anilines is 1. The molecule has 0 aliphatic rings.